The smallest absolute Gasteiger partial charge is 0.0705 e. The molecule has 84 valence electrons. The van der Waals surface area contributed by atoms with Crippen molar-refractivity contribution in [3.8, 4) is 0 Å². The number of hydrogen-bond donors (Lipinski definition) is 1. The fraction of sp³-hybridized carbons (Fsp3) is 1.00. The van der Waals surface area contributed by atoms with Gasteiger partial charge >= 0.3 is 0 Å². The van der Waals surface area contributed by atoms with E-state index in [4.69, 9.17) is 0 Å². The van der Waals surface area contributed by atoms with Crippen molar-refractivity contribution in [3.05, 3.63) is 0 Å². The average Bonchev–Trinajstić information content (AvgIpc) is 2.11. The zero-order valence-electron chi connectivity index (χ0n) is 9.25. The third-order valence-corrected chi connectivity index (χ3v) is 4.01. The Hall–Kier alpha value is 0.400. The minimum atomic E-state index is -0.169. The van der Waals surface area contributed by atoms with Crippen LogP contribution in [0.3, 0.4) is 0 Å². The van der Waals surface area contributed by atoms with Gasteiger partial charge in [-0.2, -0.15) is 0 Å². The second-order valence-electron chi connectivity index (χ2n) is 4.67. The Balaban J connectivity index is 2.50. The molecule has 0 amide bonds. The van der Waals surface area contributed by atoms with Gasteiger partial charge in [-0.3, -0.25) is 0 Å². The molecule has 1 N–H and O–H groups in total. The van der Waals surface area contributed by atoms with Crippen LogP contribution in [0.2, 0.25) is 0 Å². The van der Waals surface area contributed by atoms with E-state index in [9.17, 15) is 5.11 Å². The molecule has 1 aliphatic carbocycles. The number of nitrogens with zero attached hydrogens (tertiary/aromatic N) is 1. The molecule has 1 fully saturated rings. The molecule has 0 aromatic carbocycles. The van der Waals surface area contributed by atoms with Crippen molar-refractivity contribution in [3.63, 3.8) is 0 Å². The summed E-state index contributed by atoms with van der Waals surface area (Å²) in [5.41, 5.74) is 0. The van der Waals surface area contributed by atoms with Crippen LogP contribution < -0.4 is 0 Å². The molecule has 0 radical (unpaired) electrons. The molecular formula is C11H22BrNO. The number of hydrogen-bond acceptors (Lipinski definition) is 2. The molecule has 3 unspecified atom stereocenters. The summed E-state index contributed by atoms with van der Waals surface area (Å²) in [5.74, 6) is 0.440. The predicted octanol–water partition coefficient (Wildman–Crippen LogP) is 2.25. The lowest BCUT2D eigenvalue weighted by molar-refractivity contribution is 0.0753. The van der Waals surface area contributed by atoms with Gasteiger partial charge in [0.05, 0.1) is 6.10 Å². The summed E-state index contributed by atoms with van der Waals surface area (Å²) in [6.07, 6.45) is 5.96. The number of aliphatic hydroxyl groups is 1. The minimum Gasteiger partial charge on any atom is -0.392 e. The van der Waals surface area contributed by atoms with Gasteiger partial charge in [-0.05, 0) is 32.9 Å². The van der Waals surface area contributed by atoms with E-state index in [-0.39, 0.29) is 6.10 Å². The van der Waals surface area contributed by atoms with Crippen molar-refractivity contribution >= 4 is 15.9 Å². The quantitative estimate of drug-likeness (QED) is 0.773. The van der Waals surface area contributed by atoms with Crippen LogP contribution in [-0.4, -0.2) is 41.6 Å². The minimum absolute atomic E-state index is 0.169. The summed E-state index contributed by atoms with van der Waals surface area (Å²) in [6, 6.07) is 0. The molecule has 2 nitrogen and oxygen atoms in total. The van der Waals surface area contributed by atoms with Gasteiger partial charge in [0.2, 0.25) is 0 Å². The van der Waals surface area contributed by atoms with E-state index in [1.54, 1.807) is 0 Å². The number of rotatable bonds is 2. The zero-order chi connectivity index (χ0) is 10.6. The predicted molar refractivity (Wildman–Crippen MR) is 63.9 cm³/mol. The molecule has 1 rings (SSSR count). The van der Waals surface area contributed by atoms with Crippen molar-refractivity contribution in [1.82, 2.24) is 4.90 Å². The Morgan fingerprint density at radius 1 is 1.21 bits per heavy atom. The van der Waals surface area contributed by atoms with Crippen LogP contribution in [0.5, 0.6) is 0 Å². The van der Waals surface area contributed by atoms with E-state index in [2.05, 4.69) is 34.9 Å². The van der Waals surface area contributed by atoms with Gasteiger partial charge in [0.25, 0.3) is 0 Å². The molecule has 3 heteroatoms. The number of aliphatic hydroxyl groups excluding tert-OH is 1. The van der Waals surface area contributed by atoms with E-state index in [0.717, 1.165) is 13.0 Å². The highest BCUT2D eigenvalue weighted by atomic mass is 79.9. The molecule has 0 aromatic rings. The van der Waals surface area contributed by atoms with E-state index < -0.39 is 0 Å². The molecule has 1 aliphatic rings. The van der Waals surface area contributed by atoms with Crippen molar-refractivity contribution in [2.45, 2.75) is 43.0 Å². The lowest BCUT2D eigenvalue weighted by Crippen LogP contribution is -2.37. The molecular weight excluding hydrogens is 242 g/mol. The normalized spacial score (nSPS) is 35.4. The average molecular weight is 264 g/mol. The van der Waals surface area contributed by atoms with Crippen LogP contribution in [0.1, 0.15) is 32.1 Å². The monoisotopic (exact) mass is 263 g/mol. The molecule has 1 saturated carbocycles. The van der Waals surface area contributed by atoms with Gasteiger partial charge in [0.15, 0.2) is 0 Å². The van der Waals surface area contributed by atoms with Gasteiger partial charge in [0.1, 0.15) is 0 Å². The van der Waals surface area contributed by atoms with Crippen molar-refractivity contribution < 1.29 is 5.11 Å². The molecule has 0 spiro atoms. The summed E-state index contributed by atoms with van der Waals surface area (Å²) in [6.45, 7) is 1.00. The molecule has 0 aliphatic heterocycles. The van der Waals surface area contributed by atoms with Crippen LogP contribution in [0.4, 0.5) is 0 Å². The third kappa shape index (κ3) is 3.87. The summed E-state index contributed by atoms with van der Waals surface area (Å²) >= 11 is 3.60. The van der Waals surface area contributed by atoms with Gasteiger partial charge < -0.3 is 10.0 Å². The summed E-state index contributed by atoms with van der Waals surface area (Å²) in [7, 11) is 4.16. The summed E-state index contributed by atoms with van der Waals surface area (Å²) in [4.78, 5) is 2.47. The van der Waals surface area contributed by atoms with Crippen LogP contribution in [-0.2, 0) is 0 Å². The Labute approximate surface area is 95.8 Å². The molecule has 0 bridgehead atoms. The van der Waals surface area contributed by atoms with E-state index >= 15 is 0 Å². The van der Waals surface area contributed by atoms with Crippen LogP contribution in [0.15, 0.2) is 0 Å². The summed E-state index contributed by atoms with van der Waals surface area (Å²) < 4.78 is 0. The van der Waals surface area contributed by atoms with E-state index in [0.29, 0.717) is 10.7 Å². The maximum atomic E-state index is 10.1. The largest absolute Gasteiger partial charge is 0.392 e. The second kappa shape index (κ2) is 6.09. The van der Waals surface area contributed by atoms with Crippen LogP contribution >= 0.6 is 15.9 Å². The zero-order valence-corrected chi connectivity index (χ0v) is 10.8. The first-order valence-electron chi connectivity index (χ1n) is 5.58. The highest BCUT2D eigenvalue weighted by molar-refractivity contribution is 9.09. The van der Waals surface area contributed by atoms with Gasteiger partial charge in [0, 0.05) is 11.4 Å². The highest BCUT2D eigenvalue weighted by Crippen LogP contribution is 2.27. The Morgan fingerprint density at radius 3 is 2.50 bits per heavy atom. The fourth-order valence-corrected chi connectivity index (χ4v) is 2.98. The van der Waals surface area contributed by atoms with E-state index in [1.165, 1.54) is 25.7 Å². The molecule has 3 atom stereocenters. The second-order valence-corrected chi connectivity index (χ2v) is 5.84. The lowest BCUT2D eigenvalue weighted by atomic mass is 9.88. The van der Waals surface area contributed by atoms with Crippen molar-refractivity contribution in [2.75, 3.05) is 20.6 Å². The van der Waals surface area contributed by atoms with Crippen LogP contribution in [0.25, 0.3) is 0 Å². The molecule has 0 heterocycles. The number of alkyl halides is 1. The Morgan fingerprint density at radius 2 is 1.86 bits per heavy atom. The third-order valence-electron chi connectivity index (χ3n) is 3.01. The molecule has 14 heavy (non-hydrogen) atoms. The fourth-order valence-electron chi connectivity index (χ4n) is 2.23. The van der Waals surface area contributed by atoms with Gasteiger partial charge in [-0.25, -0.2) is 0 Å². The first-order valence-corrected chi connectivity index (χ1v) is 6.49. The van der Waals surface area contributed by atoms with Crippen LogP contribution in [0, 0.1) is 5.92 Å². The lowest BCUT2D eigenvalue weighted by Gasteiger charge is -2.31. The van der Waals surface area contributed by atoms with E-state index in [1.807, 2.05) is 0 Å². The SMILES string of the molecule is CN(C)CC1CCCCCC(Br)C1O. The Bertz CT molecular complexity index is 163. The van der Waals surface area contributed by atoms with Crippen molar-refractivity contribution in [1.29, 1.82) is 0 Å². The van der Waals surface area contributed by atoms with Crippen molar-refractivity contribution in [2.24, 2.45) is 5.92 Å². The number of halogens is 1. The first-order chi connectivity index (χ1) is 6.61. The maximum absolute atomic E-state index is 10.1. The first kappa shape index (κ1) is 12.5. The molecule has 0 aromatic heterocycles. The summed E-state index contributed by atoms with van der Waals surface area (Å²) in [5, 5.41) is 10.1. The molecule has 0 saturated heterocycles. The Kier molecular flexibility index (Phi) is 5.42. The standard InChI is InChI=1S/C11H22BrNO/c1-13(2)8-9-6-4-3-5-7-10(12)11(9)14/h9-11,14H,3-8H2,1-2H3. The highest BCUT2D eigenvalue weighted by Gasteiger charge is 2.27. The maximum Gasteiger partial charge on any atom is 0.0705 e. The van der Waals surface area contributed by atoms with Gasteiger partial charge in [-0.15, -0.1) is 0 Å². The van der Waals surface area contributed by atoms with Gasteiger partial charge in [-0.1, -0.05) is 35.2 Å². The topological polar surface area (TPSA) is 23.5 Å².